The molecule has 0 amide bonds. The Morgan fingerprint density at radius 3 is 2.45 bits per heavy atom. The van der Waals surface area contributed by atoms with Gasteiger partial charge in [-0.1, -0.05) is 19.8 Å². The Hall–Kier alpha value is -1.27. The predicted molar refractivity (Wildman–Crippen MR) is 87.8 cm³/mol. The molecule has 0 radical (unpaired) electrons. The fourth-order valence-corrected chi connectivity index (χ4v) is 3.36. The zero-order valence-corrected chi connectivity index (χ0v) is 14.3. The molecule has 1 unspecified atom stereocenters. The number of sulfonamides is 1. The van der Waals surface area contributed by atoms with E-state index in [2.05, 4.69) is 4.72 Å². The van der Waals surface area contributed by atoms with E-state index in [1.54, 1.807) is 24.3 Å². The van der Waals surface area contributed by atoms with Crippen LogP contribution in [0.3, 0.4) is 0 Å². The summed E-state index contributed by atoms with van der Waals surface area (Å²) in [4.78, 5) is 0. The van der Waals surface area contributed by atoms with Crippen molar-refractivity contribution in [1.29, 1.82) is 0 Å². The van der Waals surface area contributed by atoms with E-state index >= 15 is 0 Å². The number of unbranched alkanes of at least 4 members (excludes halogenated alkanes) is 2. The summed E-state index contributed by atoms with van der Waals surface area (Å²) in [7, 11) is -3.27. The van der Waals surface area contributed by atoms with Gasteiger partial charge in [-0.25, -0.2) is 8.42 Å². The van der Waals surface area contributed by atoms with Crippen LogP contribution in [0, 0.1) is 0 Å². The molecule has 5 nitrogen and oxygen atoms in total. The number of rotatable bonds is 9. The van der Waals surface area contributed by atoms with Crippen LogP contribution in [0.2, 0.25) is 0 Å². The van der Waals surface area contributed by atoms with Gasteiger partial charge in [0.1, 0.15) is 17.5 Å². The lowest BCUT2D eigenvalue weighted by Gasteiger charge is -2.24. The molecule has 2 rings (SSSR count). The Kier molecular flexibility index (Phi) is 5.34. The summed E-state index contributed by atoms with van der Waals surface area (Å²) < 4.78 is 37.6. The molecule has 1 aliphatic rings. The van der Waals surface area contributed by atoms with Crippen LogP contribution in [-0.4, -0.2) is 32.5 Å². The lowest BCUT2D eigenvalue weighted by atomic mass is 10.1. The van der Waals surface area contributed by atoms with Crippen LogP contribution in [0.4, 0.5) is 5.69 Å². The first kappa shape index (κ1) is 17.1. The van der Waals surface area contributed by atoms with Crippen molar-refractivity contribution in [3.05, 3.63) is 24.3 Å². The van der Waals surface area contributed by atoms with Gasteiger partial charge in [0.2, 0.25) is 10.0 Å². The number of nitrogens with one attached hydrogen (secondary N) is 1. The second kappa shape index (κ2) is 6.87. The Labute approximate surface area is 133 Å². The second-order valence-corrected chi connectivity index (χ2v) is 8.02. The van der Waals surface area contributed by atoms with Crippen molar-refractivity contribution >= 4 is 15.7 Å². The van der Waals surface area contributed by atoms with E-state index in [-0.39, 0.29) is 17.5 Å². The minimum atomic E-state index is -3.27. The highest BCUT2D eigenvalue weighted by Crippen LogP contribution is 2.30. The zero-order valence-electron chi connectivity index (χ0n) is 13.5. The number of benzene rings is 1. The van der Waals surface area contributed by atoms with E-state index < -0.39 is 10.0 Å². The van der Waals surface area contributed by atoms with Gasteiger partial charge in [-0.2, -0.15) is 0 Å². The molecule has 6 heteroatoms. The van der Waals surface area contributed by atoms with Gasteiger partial charge in [0, 0.05) is 5.69 Å². The van der Waals surface area contributed by atoms with E-state index in [1.807, 2.05) is 20.8 Å². The molecule has 124 valence electrons. The molecule has 1 N–H and O–H groups in total. The molecule has 1 atom stereocenters. The maximum atomic E-state index is 11.9. The van der Waals surface area contributed by atoms with E-state index in [4.69, 9.17) is 9.47 Å². The van der Waals surface area contributed by atoms with E-state index in [0.29, 0.717) is 17.9 Å². The summed E-state index contributed by atoms with van der Waals surface area (Å²) in [6.07, 6.45) is 2.74. The van der Waals surface area contributed by atoms with Crippen molar-refractivity contribution in [3.63, 3.8) is 0 Å². The molecule has 0 aromatic heterocycles. The number of hydrogen-bond acceptors (Lipinski definition) is 4. The summed E-state index contributed by atoms with van der Waals surface area (Å²) >= 11 is 0. The average molecular weight is 327 g/mol. The molecule has 1 aromatic rings. The van der Waals surface area contributed by atoms with Gasteiger partial charge in [0.05, 0.1) is 12.4 Å². The molecule has 0 aliphatic carbocycles. The Bertz CT molecular complexity index is 577. The fraction of sp³-hybridized carbons (Fsp3) is 0.625. The molecule has 1 fully saturated rings. The number of ether oxygens (including phenoxy) is 2. The van der Waals surface area contributed by atoms with Crippen molar-refractivity contribution < 1.29 is 17.9 Å². The highest BCUT2D eigenvalue weighted by molar-refractivity contribution is 7.92. The van der Waals surface area contributed by atoms with Crippen LogP contribution in [0.5, 0.6) is 5.75 Å². The molecule has 22 heavy (non-hydrogen) atoms. The first-order valence-corrected chi connectivity index (χ1v) is 9.39. The van der Waals surface area contributed by atoms with Crippen molar-refractivity contribution in [1.82, 2.24) is 0 Å². The summed E-state index contributed by atoms with van der Waals surface area (Å²) in [6, 6.07) is 6.98. The first-order chi connectivity index (χ1) is 10.3. The topological polar surface area (TPSA) is 67.9 Å². The molecular formula is C16H25NO4S. The van der Waals surface area contributed by atoms with Crippen molar-refractivity contribution in [3.8, 4) is 5.75 Å². The van der Waals surface area contributed by atoms with Gasteiger partial charge in [0.15, 0.2) is 0 Å². The molecule has 1 aliphatic heterocycles. The molecule has 1 aromatic carbocycles. The Balaban J connectivity index is 1.91. The number of anilines is 1. The number of epoxide rings is 1. The minimum Gasteiger partial charge on any atom is -0.485 e. The van der Waals surface area contributed by atoms with Gasteiger partial charge in [-0.05, 0) is 44.5 Å². The van der Waals surface area contributed by atoms with Crippen LogP contribution in [-0.2, 0) is 14.8 Å². The third kappa shape index (κ3) is 5.18. The third-order valence-electron chi connectivity index (χ3n) is 3.63. The first-order valence-electron chi connectivity index (χ1n) is 7.73. The lowest BCUT2D eigenvalue weighted by molar-refractivity contribution is 0.0744. The van der Waals surface area contributed by atoms with E-state index in [9.17, 15) is 8.42 Å². The summed E-state index contributed by atoms with van der Waals surface area (Å²) in [5, 5.41) is 0. The average Bonchev–Trinajstić information content (AvgIpc) is 3.25. The van der Waals surface area contributed by atoms with Crippen LogP contribution >= 0.6 is 0 Å². The van der Waals surface area contributed by atoms with E-state index in [0.717, 1.165) is 19.4 Å². The van der Waals surface area contributed by atoms with Crippen molar-refractivity contribution in [2.24, 2.45) is 0 Å². The molecule has 1 heterocycles. The highest BCUT2D eigenvalue weighted by Gasteiger charge is 2.41. The van der Waals surface area contributed by atoms with Gasteiger partial charge in [-0.15, -0.1) is 0 Å². The summed E-state index contributed by atoms with van der Waals surface area (Å²) in [6.45, 7) is 6.74. The van der Waals surface area contributed by atoms with Crippen LogP contribution < -0.4 is 9.46 Å². The van der Waals surface area contributed by atoms with Gasteiger partial charge in [-0.3, -0.25) is 4.72 Å². The Morgan fingerprint density at radius 1 is 1.27 bits per heavy atom. The third-order valence-corrected chi connectivity index (χ3v) is 5.01. The van der Waals surface area contributed by atoms with Crippen LogP contribution in [0.1, 0.15) is 40.0 Å². The lowest BCUT2D eigenvalue weighted by Crippen LogP contribution is -2.34. The normalized spacial score (nSPS) is 18.0. The second-order valence-electron chi connectivity index (χ2n) is 6.18. The SMILES string of the molecule is CCCCCS(=O)(=O)Nc1ccc(OC(C)(C)C2CO2)cc1. The zero-order chi connectivity index (χ0) is 16.2. The largest absolute Gasteiger partial charge is 0.485 e. The summed E-state index contributed by atoms with van der Waals surface area (Å²) in [5.41, 5.74) is 0.186. The van der Waals surface area contributed by atoms with Gasteiger partial charge >= 0.3 is 0 Å². The van der Waals surface area contributed by atoms with Gasteiger partial charge in [0.25, 0.3) is 0 Å². The maximum absolute atomic E-state index is 11.9. The molecule has 1 saturated heterocycles. The fourth-order valence-electron chi connectivity index (χ4n) is 2.18. The standard InChI is InChI=1S/C16H25NO4S/c1-4-5-6-11-22(18,19)17-13-7-9-14(10-8-13)21-16(2,3)15-12-20-15/h7-10,15,17H,4-6,11-12H2,1-3H3. The summed E-state index contributed by atoms with van der Waals surface area (Å²) in [5.74, 6) is 0.861. The highest BCUT2D eigenvalue weighted by atomic mass is 32.2. The smallest absolute Gasteiger partial charge is 0.232 e. The van der Waals surface area contributed by atoms with E-state index in [1.165, 1.54) is 0 Å². The van der Waals surface area contributed by atoms with Crippen molar-refractivity contribution in [2.45, 2.75) is 51.7 Å². The maximum Gasteiger partial charge on any atom is 0.232 e. The minimum absolute atomic E-state index is 0.129. The predicted octanol–water partition coefficient (Wildman–Crippen LogP) is 3.17. The molecular weight excluding hydrogens is 302 g/mol. The van der Waals surface area contributed by atoms with Crippen LogP contribution in [0.25, 0.3) is 0 Å². The van der Waals surface area contributed by atoms with Crippen molar-refractivity contribution in [2.75, 3.05) is 17.1 Å². The van der Waals surface area contributed by atoms with Crippen LogP contribution in [0.15, 0.2) is 24.3 Å². The number of hydrogen-bond donors (Lipinski definition) is 1. The molecule has 0 spiro atoms. The quantitative estimate of drug-likeness (QED) is 0.559. The monoisotopic (exact) mass is 327 g/mol. The van der Waals surface area contributed by atoms with Gasteiger partial charge < -0.3 is 9.47 Å². The Morgan fingerprint density at radius 2 is 1.91 bits per heavy atom. The molecule has 0 bridgehead atoms. The molecule has 0 saturated carbocycles.